The molecule has 0 spiro atoms. The summed E-state index contributed by atoms with van der Waals surface area (Å²) in [6.45, 7) is 0.392. The van der Waals surface area contributed by atoms with Gasteiger partial charge in [0, 0.05) is 23.9 Å². The molecule has 0 fully saturated rings. The lowest BCUT2D eigenvalue weighted by Crippen LogP contribution is -2.37. The smallest absolute Gasteiger partial charge is 0.278 e. The van der Waals surface area contributed by atoms with Crippen LogP contribution in [0.15, 0.2) is 44.4 Å². The molecule has 0 atom stereocenters. The summed E-state index contributed by atoms with van der Waals surface area (Å²) in [5.41, 5.74) is 1.00. The van der Waals surface area contributed by atoms with Crippen LogP contribution in [0.4, 0.5) is 5.69 Å². The summed E-state index contributed by atoms with van der Waals surface area (Å²) in [6.07, 6.45) is 6.85. The highest BCUT2D eigenvalue weighted by atomic mass is 32.3. The maximum Gasteiger partial charge on any atom is 0.278 e. The summed E-state index contributed by atoms with van der Waals surface area (Å²) in [4.78, 5) is 0. The van der Waals surface area contributed by atoms with E-state index in [1.54, 1.807) is 30.3 Å². The minimum atomic E-state index is -4.07. The lowest BCUT2D eigenvalue weighted by molar-refractivity contribution is 0.415. The van der Waals surface area contributed by atoms with Crippen molar-refractivity contribution in [3.05, 3.63) is 41.6 Å². The molecule has 2 heterocycles. The summed E-state index contributed by atoms with van der Waals surface area (Å²) in [6, 6.07) is 7.81. The number of ether oxygens (including phenoxy) is 1. The third-order valence-corrected chi connectivity index (χ3v) is 8.74. The van der Waals surface area contributed by atoms with Gasteiger partial charge in [-0.2, -0.15) is 8.42 Å². The van der Waals surface area contributed by atoms with Crippen LogP contribution in [0.1, 0.15) is 5.56 Å². The molecule has 0 amide bonds. The topological polar surface area (TPSA) is 119 Å². The number of terminal acetylenes is 1. The van der Waals surface area contributed by atoms with Gasteiger partial charge < -0.3 is 10.1 Å². The number of nitrogens with zero attached hydrogens (tertiary/aromatic N) is 1. The number of sulfonamides is 2. The van der Waals surface area contributed by atoms with Gasteiger partial charge in [0.25, 0.3) is 10.0 Å². The Morgan fingerprint density at radius 2 is 2.11 bits per heavy atom. The average molecular weight is 440 g/mol. The van der Waals surface area contributed by atoms with Crippen molar-refractivity contribution in [3.8, 4) is 18.1 Å². The molecule has 3 N–H and O–H groups in total. The van der Waals surface area contributed by atoms with E-state index in [2.05, 4.69) is 11.2 Å². The van der Waals surface area contributed by atoms with Crippen molar-refractivity contribution in [1.29, 1.82) is 0 Å². The Kier molecular flexibility index (Phi) is 5.51. The van der Waals surface area contributed by atoms with Crippen LogP contribution < -0.4 is 19.5 Å². The van der Waals surface area contributed by atoms with Crippen LogP contribution in [0.3, 0.4) is 0 Å². The fourth-order valence-electron chi connectivity index (χ4n) is 2.71. The van der Waals surface area contributed by atoms with E-state index >= 15 is 0 Å². The van der Waals surface area contributed by atoms with Crippen molar-refractivity contribution in [2.24, 2.45) is 5.14 Å². The Bertz CT molecular complexity index is 1190. The van der Waals surface area contributed by atoms with E-state index in [-0.39, 0.29) is 27.1 Å². The number of primary sulfonamides is 1. The van der Waals surface area contributed by atoms with Gasteiger partial charge in [0.15, 0.2) is 0 Å². The van der Waals surface area contributed by atoms with Crippen LogP contribution in [-0.2, 0) is 20.0 Å². The fourth-order valence-corrected chi connectivity index (χ4v) is 6.79. The van der Waals surface area contributed by atoms with Crippen LogP contribution in [0.25, 0.3) is 6.08 Å². The molecule has 1 aliphatic rings. The molecule has 0 saturated carbocycles. The zero-order chi connectivity index (χ0) is 20.5. The first-order valence-electron chi connectivity index (χ1n) is 7.89. The second-order valence-corrected chi connectivity index (χ2v) is 10.6. The molecular formula is C17H17N3O5S3. The van der Waals surface area contributed by atoms with E-state index in [4.69, 9.17) is 16.3 Å². The molecule has 1 aliphatic heterocycles. The van der Waals surface area contributed by atoms with Crippen molar-refractivity contribution in [3.63, 3.8) is 0 Å². The molecule has 0 radical (unpaired) electrons. The SMILES string of the molecule is C#CCNCC1=Cc2cc(S(N)(=O)=O)sc2S(=O)(=O)N1c1cccc(OC)c1. The van der Waals surface area contributed by atoms with E-state index in [1.165, 1.54) is 13.2 Å². The van der Waals surface area contributed by atoms with Gasteiger partial charge >= 0.3 is 0 Å². The highest BCUT2D eigenvalue weighted by molar-refractivity contribution is 7.96. The molecule has 11 heteroatoms. The number of anilines is 1. The van der Waals surface area contributed by atoms with Gasteiger partial charge in [-0.3, -0.25) is 0 Å². The summed E-state index contributed by atoms with van der Waals surface area (Å²) in [7, 11) is -6.63. The molecular weight excluding hydrogens is 422 g/mol. The predicted octanol–water partition coefficient (Wildman–Crippen LogP) is 1.18. The van der Waals surface area contributed by atoms with Crippen LogP contribution in [0.5, 0.6) is 5.75 Å². The van der Waals surface area contributed by atoms with Crippen LogP contribution in [0, 0.1) is 12.3 Å². The van der Waals surface area contributed by atoms with E-state index in [1.807, 2.05) is 0 Å². The number of methoxy groups -OCH3 is 1. The summed E-state index contributed by atoms with van der Waals surface area (Å²) < 4.78 is 56.1. The number of hydrogen-bond donors (Lipinski definition) is 2. The highest BCUT2D eigenvalue weighted by Crippen LogP contribution is 2.41. The molecule has 1 aromatic carbocycles. The standard InChI is InChI=1S/C17H17N3O5S3/c1-3-7-19-11-14-8-12-9-16(27(18,21)22)26-17(12)28(23,24)20(14)13-5-4-6-15(10-13)25-2/h1,4-6,8-10,19H,7,11H2,2H3,(H2,18,21,22). The zero-order valence-corrected chi connectivity index (χ0v) is 17.2. The number of benzene rings is 1. The number of thiophene rings is 1. The van der Waals surface area contributed by atoms with Gasteiger partial charge in [-0.1, -0.05) is 12.0 Å². The van der Waals surface area contributed by atoms with Gasteiger partial charge in [0.05, 0.1) is 19.3 Å². The first-order chi connectivity index (χ1) is 13.2. The monoisotopic (exact) mass is 439 g/mol. The van der Waals surface area contributed by atoms with Gasteiger partial charge in [-0.15, -0.1) is 17.8 Å². The molecule has 1 aromatic heterocycles. The van der Waals surface area contributed by atoms with E-state index in [0.29, 0.717) is 28.5 Å². The van der Waals surface area contributed by atoms with Crippen LogP contribution in [-0.4, -0.2) is 37.0 Å². The lowest BCUT2D eigenvalue weighted by atomic mass is 10.2. The third-order valence-electron chi connectivity index (χ3n) is 3.86. The minimum absolute atomic E-state index is 0.0972. The number of fused-ring (bicyclic) bond motifs is 1. The van der Waals surface area contributed by atoms with E-state index < -0.39 is 20.0 Å². The second-order valence-electron chi connectivity index (χ2n) is 5.77. The van der Waals surface area contributed by atoms with E-state index in [9.17, 15) is 16.8 Å². The normalized spacial score (nSPS) is 15.5. The Morgan fingerprint density at radius 1 is 1.36 bits per heavy atom. The van der Waals surface area contributed by atoms with Crippen LogP contribution in [0.2, 0.25) is 0 Å². The average Bonchev–Trinajstić information content (AvgIpc) is 3.07. The molecule has 148 valence electrons. The Hall–Kier alpha value is -2.36. The summed E-state index contributed by atoms with van der Waals surface area (Å²) in [5, 5.41) is 8.13. The molecule has 0 unspecified atom stereocenters. The van der Waals surface area contributed by atoms with Gasteiger partial charge in [0.1, 0.15) is 14.2 Å². The maximum atomic E-state index is 13.3. The Balaban J connectivity index is 2.19. The van der Waals surface area contributed by atoms with Gasteiger partial charge in [-0.05, 0) is 24.3 Å². The number of nitrogens with two attached hydrogens (primary N) is 1. The quantitative estimate of drug-likeness (QED) is 0.515. The second kappa shape index (κ2) is 7.57. The molecule has 0 aliphatic carbocycles. The molecule has 2 aromatic rings. The van der Waals surface area contributed by atoms with Crippen molar-refractivity contribution in [2.45, 2.75) is 8.42 Å². The summed E-state index contributed by atoms with van der Waals surface area (Å²) >= 11 is 0.617. The van der Waals surface area contributed by atoms with Crippen molar-refractivity contribution < 1.29 is 21.6 Å². The molecule has 0 bridgehead atoms. The number of nitrogens with one attached hydrogen (secondary N) is 1. The van der Waals surface area contributed by atoms with Crippen LogP contribution >= 0.6 is 11.3 Å². The minimum Gasteiger partial charge on any atom is -0.497 e. The third kappa shape index (κ3) is 3.78. The fraction of sp³-hybridized carbons (Fsp3) is 0.176. The number of rotatable bonds is 6. The molecule has 0 saturated heterocycles. The van der Waals surface area contributed by atoms with E-state index in [0.717, 1.165) is 4.31 Å². The zero-order valence-electron chi connectivity index (χ0n) is 14.7. The van der Waals surface area contributed by atoms with Crippen molar-refractivity contribution >= 4 is 43.1 Å². The predicted molar refractivity (Wildman–Crippen MR) is 108 cm³/mol. The Morgan fingerprint density at radius 3 is 2.75 bits per heavy atom. The molecule has 3 rings (SSSR count). The highest BCUT2D eigenvalue weighted by Gasteiger charge is 2.37. The lowest BCUT2D eigenvalue weighted by Gasteiger charge is -2.30. The molecule has 28 heavy (non-hydrogen) atoms. The van der Waals surface area contributed by atoms with Gasteiger partial charge in [-0.25, -0.2) is 17.9 Å². The first-order valence-corrected chi connectivity index (χ1v) is 11.7. The largest absolute Gasteiger partial charge is 0.497 e. The van der Waals surface area contributed by atoms with Crippen molar-refractivity contribution in [2.75, 3.05) is 24.5 Å². The Labute approximate surface area is 167 Å². The molecule has 8 nitrogen and oxygen atoms in total. The van der Waals surface area contributed by atoms with Crippen molar-refractivity contribution in [1.82, 2.24) is 5.32 Å². The summed E-state index contributed by atoms with van der Waals surface area (Å²) in [5.74, 6) is 2.90. The maximum absolute atomic E-state index is 13.3. The number of hydrogen-bond acceptors (Lipinski definition) is 7. The first kappa shape index (κ1) is 20.4. The van der Waals surface area contributed by atoms with Gasteiger partial charge in [0.2, 0.25) is 10.0 Å².